The Morgan fingerprint density at radius 3 is 2.54 bits per heavy atom. The number of aromatic nitrogens is 1. The molecule has 1 N–H and O–H groups in total. The first-order chi connectivity index (χ1) is 11.3. The van der Waals surface area contributed by atoms with Crippen LogP contribution in [0.25, 0.3) is 0 Å². The topological polar surface area (TPSA) is 85.4 Å². The molecule has 128 valence electrons. The van der Waals surface area contributed by atoms with Crippen molar-refractivity contribution in [1.29, 1.82) is 0 Å². The van der Waals surface area contributed by atoms with Gasteiger partial charge in [-0.05, 0) is 30.2 Å². The second kappa shape index (κ2) is 7.00. The molecule has 0 bridgehead atoms. The number of nitrogens with zero attached hydrogens (tertiary/aromatic N) is 1. The third-order valence-corrected chi connectivity index (χ3v) is 4.93. The Hall–Kier alpha value is -2.41. The number of amides is 1. The highest BCUT2D eigenvalue weighted by atomic mass is 32.2. The fourth-order valence-electron chi connectivity index (χ4n) is 2.23. The van der Waals surface area contributed by atoms with E-state index >= 15 is 0 Å². The van der Waals surface area contributed by atoms with Crippen LogP contribution in [0.15, 0.2) is 53.7 Å². The minimum absolute atomic E-state index is 0.0496. The number of pyridine rings is 1. The number of ether oxygens (including phenoxy) is 1. The molecule has 0 aliphatic carbocycles. The number of hydrogen-bond acceptors (Lipinski definition) is 5. The van der Waals surface area contributed by atoms with Crippen LogP contribution in [0.1, 0.15) is 19.4 Å². The number of methoxy groups -OCH3 is 1. The largest absolute Gasteiger partial charge is 0.496 e. The molecule has 0 atom stereocenters. The Kier molecular flexibility index (Phi) is 5.23. The maximum absolute atomic E-state index is 12.5. The van der Waals surface area contributed by atoms with Crippen LogP contribution in [-0.2, 0) is 21.2 Å². The van der Waals surface area contributed by atoms with Gasteiger partial charge >= 0.3 is 0 Å². The molecule has 0 aliphatic rings. The Labute approximate surface area is 141 Å². The summed E-state index contributed by atoms with van der Waals surface area (Å²) in [5, 5.41) is 0. The van der Waals surface area contributed by atoms with E-state index in [0.29, 0.717) is 12.2 Å². The molecule has 0 aliphatic heterocycles. The lowest BCUT2D eigenvalue weighted by atomic mass is 9.85. The smallest absolute Gasteiger partial charge is 0.265 e. The van der Waals surface area contributed by atoms with Crippen molar-refractivity contribution < 1.29 is 17.9 Å². The van der Waals surface area contributed by atoms with Crippen LogP contribution in [0.4, 0.5) is 0 Å². The summed E-state index contributed by atoms with van der Waals surface area (Å²) in [5.74, 6) is 0.0748. The molecule has 2 aromatic rings. The normalized spacial score (nSPS) is 11.8. The summed E-state index contributed by atoms with van der Waals surface area (Å²) in [4.78, 5) is 16.2. The van der Waals surface area contributed by atoms with E-state index in [0.717, 1.165) is 5.56 Å². The summed E-state index contributed by atoms with van der Waals surface area (Å²) in [6, 6.07) is 10.2. The fourth-order valence-corrected chi connectivity index (χ4v) is 3.33. The first kappa shape index (κ1) is 17.9. The SMILES string of the molecule is COc1ccccc1CC(C)(C)C(=O)NS(=O)(=O)c1cccnc1. The van der Waals surface area contributed by atoms with Gasteiger partial charge in [0.05, 0.1) is 7.11 Å². The molecule has 0 saturated heterocycles. The van der Waals surface area contributed by atoms with Crippen LogP contribution in [0.2, 0.25) is 0 Å². The average Bonchev–Trinajstić information content (AvgIpc) is 2.55. The Morgan fingerprint density at radius 2 is 1.92 bits per heavy atom. The van der Waals surface area contributed by atoms with Crippen molar-refractivity contribution in [3.63, 3.8) is 0 Å². The van der Waals surface area contributed by atoms with E-state index in [-0.39, 0.29) is 4.90 Å². The van der Waals surface area contributed by atoms with Gasteiger partial charge in [0.25, 0.3) is 10.0 Å². The lowest BCUT2D eigenvalue weighted by molar-refractivity contribution is -0.127. The summed E-state index contributed by atoms with van der Waals surface area (Å²) in [6.07, 6.45) is 3.00. The molecule has 0 radical (unpaired) electrons. The Morgan fingerprint density at radius 1 is 1.21 bits per heavy atom. The van der Waals surface area contributed by atoms with Crippen molar-refractivity contribution in [2.45, 2.75) is 25.2 Å². The third kappa shape index (κ3) is 4.11. The standard InChI is InChI=1S/C17H20N2O4S/c1-17(2,11-13-7-4-5-9-15(13)23-3)16(20)19-24(21,22)14-8-6-10-18-12-14/h4-10,12H,11H2,1-3H3,(H,19,20). The summed E-state index contributed by atoms with van der Waals surface area (Å²) in [6.45, 7) is 3.38. The van der Waals surface area contributed by atoms with Gasteiger partial charge in [-0.2, -0.15) is 0 Å². The van der Waals surface area contributed by atoms with Crippen LogP contribution >= 0.6 is 0 Å². The second-order valence-corrected chi connectivity index (χ2v) is 7.68. The van der Waals surface area contributed by atoms with E-state index < -0.39 is 21.3 Å². The number of nitrogens with one attached hydrogen (secondary N) is 1. The van der Waals surface area contributed by atoms with Crippen molar-refractivity contribution in [3.8, 4) is 5.75 Å². The molecule has 6 nitrogen and oxygen atoms in total. The lowest BCUT2D eigenvalue weighted by Crippen LogP contribution is -2.41. The van der Waals surface area contributed by atoms with Gasteiger partial charge in [0, 0.05) is 17.8 Å². The molecule has 1 aromatic carbocycles. The van der Waals surface area contributed by atoms with E-state index in [9.17, 15) is 13.2 Å². The maximum atomic E-state index is 12.5. The van der Waals surface area contributed by atoms with Gasteiger partial charge in [0.1, 0.15) is 10.6 Å². The highest BCUT2D eigenvalue weighted by Crippen LogP contribution is 2.28. The minimum atomic E-state index is -3.94. The number of rotatable bonds is 6. The average molecular weight is 348 g/mol. The van der Waals surface area contributed by atoms with Crippen LogP contribution in [0, 0.1) is 5.41 Å². The number of sulfonamides is 1. The van der Waals surface area contributed by atoms with Crippen molar-refractivity contribution in [3.05, 3.63) is 54.4 Å². The van der Waals surface area contributed by atoms with E-state index in [1.54, 1.807) is 27.0 Å². The number of carbonyl (C=O) groups excluding carboxylic acids is 1. The van der Waals surface area contributed by atoms with Crippen molar-refractivity contribution >= 4 is 15.9 Å². The first-order valence-corrected chi connectivity index (χ1v) is 8.84. The summed E-state index contributed by atoms with van der Waals surface area (Å²) < 4.78 is 31.9. The number of carbonyl (C=O) groups is 1. The van der Waals surface area contributed by atoms with E-state index in [1.807, 2.05) is 18.2 Å². The van der Waals surface area contributed by atoms with Crippen LogP contribution in [0.5, 0.6) is 5.75 Å². The zero-order valence-electron chi connectivity index (χ0n) is 13.8. The summed E-state index contributed by atoms with van der Waals surface area (Å²) in [5.41, 5.74) is -0.108. The first-order valence-electron chi connectivity index (χ1n) is 7.35. The molecule has 7 heteroatoms. The summed E-state index contributed by atoms with van der Waals surface area (Å²) in [7, 11) is -2.39. The van der Waals surface area contributed by atoms with Gasteiger partial charge in [0.15, 0.2) is 0 Å². The minimum Gasteiger partial charge on any atom is -0.496 e. The van der Waals surface area contributed by atoms with Gasteiger partial charge in [-0.1, -0.05) is 32.0 Å². The predicted octanol–water partition coefficient (Wildman–Crippen LogP) is 2.16. The zero-order chi connectivity index (χ0) is 17.8. The highest BCUT2D eigenvalue weighted by molar-refractivity contribution is 7.90. The molecule has 0 spiro atoms. The second-order valence-electron chi connectivity index (χ2n) is 6.00. The fraction of sp³-hybridized carbons (Fsp3) is 0.294. The van der Waals surface area contributed by atoms with Crippen molar-refractivity contribution in [2.75, 3.05) is 7.11 Å². The van der Waals surface area contributed by atoms with Gasteiger partial charge in [-0.25, -0.2) is 13.1 Å². The van der Waals surface area contributed by atoms with Crippen LogP contribution in [-0.4, -0.2) is 26.4 Å². The van der Waals surface area contributed by atoms with Crippen molar-refractivity contribution in [1.82, 2.24) is 9.71 Å². The quantitative estimate of drug-likeness (QED) is 0.865. The van der Waals surface area contributed by atoms with Crippen LogP contribution in [0.3, 0.4) is 0 Å². The number of benzene rings is 1. The molecule has 2 rings (SSSR count). The van der Waals surface area contributed by atoms with Gasteiger partial charge in [0.2, 0.25) is 5.91 Å². The van der Waals surface area contributed by atoms with Gasteiger partial charge in [-0.15, -0.1) is 0 Å². The van der Waals surface area contributed by atoms with Gasteiger partial charge < -0.3 is 4.74 Å². The van der Waals surface area contributed by atoms with E-state index in [4.69, 9.17) is 4.74 Å². The molecule has 24 heavy (non-hydrogen) atoms. The molecule has 1 amide bonds. The van der Waals surface area contributed by atoms with E-state index in [2.05, 4.69) is 9.71 Å². The lowest BCUT2D eigenvalue weighted by Gasteiger charge is -2.24. The molecule has 0 unspecified atom stereocenters. The molecule has 1 heterocycles. The third-order valence-electron chi connectivity index (χ3n) is 3.61. The Bertz CT molecular complexity index is 817. The van der Waals surface area contributed by atoms with Gasteiger partial charge in [-0.3, -0.25) is 9.78 Å². The monoisotopic (exact) mass is 348 g/mol. The maximum Gasteiger partial charge on any atom is 0.265 e. The molecule has 0 fully saturated rings. The zero-order valence-corrected chi connectivity index (χ0v) is 14.6. The Balaban J connectivity index is 2.19. The van der Waals surface area contributed by atoms with Crippen LogP contribution < -0.4 is 9.46 Å². The number of para-hydroxylation sites is 1. The molecule has 1 aromatic heterocycles. The van der Waals surface area contributed by atoms with E-state index in [1.165, 1.54) is 24.5 Å². The number of hydrogen-bond donors (Lipinski definition) is 1. The molecular weight excluding hydrogens is 328 g/mol. The highest BCUT2D eigenvalue weighted by Gasteiger charge is 2.32. The molecule has 0 saturated carbocycles. The van der Waals surface area contributed by atoms with Crippen molar-refractivity contribution in [2.24, 2.45) is 5.41 Å². The molecular formula is C17H20N2O4S. The predicted molar refractivity (Wildman–Crippen MR) is 90.0 cm³/mol. The summed E-state index contributed by atoms with van der Waals surface area (Å²) >= 11 is 0.